The molecular weight excluding hydrogens is 330 g/mol. The topological polar surface area (TPSA) is 38.8 Å². The third kappa shape index (κ3) is 10.9. The highest BCUT2D eigenvalue weighted by atomic mass is 32.2. The van der Waals surface area contributed by atoms with E-state index in [-0.39, 0.29) is 0 Å². The minimum Gasteiger partial charge on any atom is -0.358 e. The molecule has 4 nitrogen and oxygen atoms in total. The lowest BCUT2D eigenvalue weighted by molar-refractivity contribution is -0.249. The molecule has 0 radical (unpaired) electrons. The number of carbonyl (C=O) groups excluding carboxylic acids is 1. The van der Waals surface area contributed by atoms with Crippen LogP contribution in [0.25, 0.3) is 6.08 Å². The zero-order valence-electron chi connectivity index (χ0n) is 14.2. The van der Waals surface area contributed by atoms with E-state index >= 15 is 0 Å². The molecule has 0 saturated heterocycles. The van der Waals surface area contributed by atoms with E-state index in [0.717, 1.165) is 28.7 Å². The molecule has 0 spiro atoms. The number of carbonyl (C=O) groups is 1. The Balaban J connectivity index is 0.000000438. The molecule has 0 aliphatic carbocycles. The second-order valence-electron chi connectivity index (χ2n) is 4.18. The van der Waals surface area contributed by atoms with Crippen molar-refractivity contribution in [2.75, 3.05) is 26.0 Å². The van der Waals surface area contributed by atoms with E-state index in [1.165, 1.54) is 13.2 Å². The van der Waals surface area contributed by atoms with Gasteiger partial charge < -0.3 is 4.90 Å². The minimum atomic E-state index is -0.522. The summed E-state index contributed by atoms with van der Waals surface area (Å²) in [5.41, 5.74) is 0.940. The molecule has 0 saturated carbocycles. The highest BCUT2D eigenvalue weighted by Gasteiger charge is 2.02. The molecule has 128 valence electrons. The average molecular weight is 356 g/mol. The van der Waals surface area contributed by atoms with Gasteiger partial charge in [0.05, 0.1) is 7.11 Å². The Kier molecular flexibility index (Phi) is 13.4. The lowest BCUT2D eigenvalue weighted by Crippen LogP contribution is -2.26. The molecule has 0 N–H and O–H groups in total. The van der Waals surface area contributed by atoms with Gasteiger partial charge in [-0.25, -0.2) is 4.79 Å². The van der Waals surface area contributed by atoms with Crippen molar-refractivity contribution in [3.05, 3.63) is 42.0 Å². The molecule has 0 fully saturated rings. The Morgan fingerprint density at radius 2 is 1.83 bits per heavy atom. The molecule has 0 heterocycles. The molecular formula is C17H25NO3S2. The minimum absolute atomic E-state index is 0.522. The maximum Gasteiger partial charge on any atom is 0.365 e. The SMILES string of the molecule is CCSC(=S)N(CC)CC.COOC(=O)C=Cc1ccccc1. The number of rotatable bonds is 6. The smallest absolute Gasteiger partial charge is 0.358 e. The van der Waals surface area contributed by atoms with Crippen molar-refractivity contribution in [3.8, 4) is 0 Å². The van der Waals surface area contributed by atoms with Crippen LogP contribution in [0.2, 0.25) is 0 Å². The molecule has 1 aromatic carbocycles. The Labute approximate surface area is 148 Å². The molecule has 0 bridgehead atoms. The van der Waals surface area contributed by atoms with E-state index < -0.39 is 5.97 Å². The number of hydrogen-bond acceptors (Lipinski definition) is 5. The fraction of sp³-hybridized carbons (Fsp3) is 0.412. The van der Waals surface area contributed by atoms with Gasteiger partial charge in [-0.3, -0.25) is 4.89 Å². The summed E-state index contributed by atoms with van der Waals surface area (Å²) in [6, 6.07) is 9.46. The molecule has 0 aliphatic heterocycles. The van der Waals surface area contributed by atoms with Gasteiger partial charge in [-0.15, -0.1) is 0 Å². The first kappa shape index (κ1) is 21.6. The van der Waals surface area contributed by atoms with Crippen LogP contribution in [0.4, 0.5) is 0 Å². The van der Waals surface area contributed by atoms with Gasteiger partial charge in [0.2, 0.25) is 0 Å². The molecule has 1 aromatic rings. The van der Waals surface area contributed by atoms with Crippen molar-refractivity contribution < 1.29 is 14.6 Å². The van der Waals surface area contributed by atoms with Crippen LogP contribution >= 0.6 is 24.0 Å². The molecule has 0 amide bonds. The van der Waals surface area contributed by atoms with Gasteiger partial charge in [0.1, 0.15) is 4.32 Å². The molecule has 23 heavy (non-hydrogen) atoms. The van der Waals surface area contributed by atoms with E-state index in [1.54, 1.807) is 17.8 Å². The van der Waals surface area contributed by atoms with E-state index in [1.807, 2.05) is 30.3 Å². The second-order valence-corrected chi connectivity index (χ2v) is 6.08. The summed E-state index contributed by atoms with van der Waals surface area (Å²) in [6.07, 6.45) is 2.96. The summed E-state index contributed by atoms with van der Waals surface area (Å²) >= 11 is 6.91. The van der Waals surface area contributed by atoms with Crippen LogP contribution < -0.4 is 0 Å². The zero-order valence-corrected chi connectivity index (χ0v) is 15.8. The van der Waals surface area contributed by atoms with E-state index in [0.29, 0.717) is 0 Å². The Morgan fingerprint density at radius 3 is 2.30 bits per heavy atom. The maximum absolute atomic E-state index is 10.8. The van der Waals surface area contributed by atoms with Crippen LogP contribution in [0, 0.1) is 0 Å². The summed E-state index contributed by atoms with van der Waals surface area (Å²) < 4.78 is 1.03. The number of benzene rings is 1. The summed E-state index contributed by atoms with van der Waals surface area (Å²) in [5, 5.41) is 0. The Morgan fingerprint density at radius 1 is 1.22 bits per heavy atom. The van der Waals surface area contributed by atoms with Crippen molar-refractivity contribution in [2.24, 2.45) is 0 Å². The number of thiocarbonyl (C=S) groups is 1. The van der Waals surface area contributed by atoms with Gasteiger partial charge in [0.25, 0.3) is 0 Å². The molecule has 6 heteroatoms. The summed E-state index contributed by atoms with van der Waals surface area (Å²) in [4.78, 5) is 21.4. The van der Waals surface area contributed by atoms with Crippen LogP contribution in [0.5, 0.6) is 0 Å². The first-order chi connectivity index (χ1) is 11.1. The van der Waals surface area contributed by atoms with Crippen LogP contribution in [0.15, 0.2) is 36.4 Å². The highest BCUT2D eigenvalue weighted by Crippen LogP contribution is 2.07. The van der Waals surface area contributed by atoms with Gasteiger partial charge in [-0.05, 0) is 31.2 Å². The van der Waals surface area contributed by atoms with Crippen molar-refractivity contribution >= 4 is 40.3 Å². The largest absolute Gasteiger partial charge is 0.365 e. The van der Waals surface area contributed by atoms with Gasteiger partial charge in [-0.1, -0.05) is 61.2 Å². The van der Waals surface area contributed by atoms with Crippen LogP contribution in [-0.2, 0) is 14.6 Å². The van der Waals surface area contributed by atoms with Gasteiger partial charge in [0, 0.05) is 19.2 Å². The summed E-state index contributed by atoms with van der Waals surface area (Å²) in [6.45, 7) is 8.45. The first-order valence-electron chi connectivity index (χ1n) is 7.48. The van der Waals surface area contributed by atoms with Gasteiger partial charge >= 0.3 is 5.97 Å². The third-order valence-electron chi connectivity index (χ3n) is 2.67. The maximum atomic E-state index is 10.8. The second kappa shape index (κ2) is 14.2. The number of nitrogens with zero attached hydrogens (tertiary/aromatic N) is 1. The quantitative estimate of drug-likeness (QED) is 0.330. The first-order valence-corrected chi connectivity index (χ1v) is 8.87. The highest BCUT2D eigenvalue weighted by molar-refractivity contribution is 8.22. The van der Waals surface area contributed by atoms with Crippen LogP contribution in [-0.4, -0.2) is 41.1 Å². The average Bonchev–Trinajstić information content (AvgIpc) is 2.56. The normalized spacial score (nSPS) is 9.91. The predicted octanol–water partition coefficient (Wildman–Crippen LogP) is 4.17. The molecule has 0 aromatic heterocycles. The van der Waals surface area contributed by atoms with Crippen molar-refractivity contribution in [1.29, 1.82) is 0 Å². The Bertz CT molecular complexity index is 474. The summed E-state index contributed by atoms with van der Waals surface area (Å²) in [7, 11) is 1.29. The van der Waals surface area contributed by atoms with Crippen LogP contribution in [0.3, 0.4) is 0 Å². The standard InChI is InChI=1S/C10H10O3.C7H15NS2/c1-12-13-10(11)8-7-9-5-3-2-4-6-9;1-4-8(5-2)7(9)10-6-3/h2-8H,1H3;4-6H2,1-3H3. The van der Waals surface area contributed by atoms with Crippen molar-refractivity contribution in [2.45, 2.75) is 20.8 Å². The van der Waals surface area contributed by atoms with E-state index in [9.17, 15) is 4.79 Å². The fourth-order valence-electron chi connectivity index (χ4n) is 1.53. The van der Waals surface area contributed by atoms with Gasteiger partial charge in [0.15, 0.2) is 0 Å². The van der Waals surface area contributed by atoms with Crippen molar-refractivity contribution in [3.63, 3.8) is 0 Å². The van der Waals surface area contributed by atoms with E-state index in [2.05, 4.69) is 35.4 Å². The molecule has 1 rings (SSSR count). The third-order valence-corrected chi connectivity index (χ3v) is 4.07. The summed E-state index contributed by atoms with van der Waals surface area (Å²) in [5.74, 6) is 0.557. The number of hydrogen-bond donors (Lipinski definition) is 0. The number of thioether (sulfide) groups is 1. The molecule has 0 unspecified atom stereocenters. The predicted molar refractivity (Wildman–Crippen MR) is 102 cm³/mol. The molecule has 0 aliphatic rings. The zero-order chi connectivity index (χ0) is 17.5. The molecule has 0 atom stereocenters. The lowest BCUT2D eigenvalue weighted by atomic mass is 10.2. The van der Waals surface area contributed by atoms with Crippen LogP contribution in [0.1, 0.15) is 26.3 Å². The Hall–Kier alpha value is -1.37. The monoisotopic (exact) mass is 355 g/mol. The van der Waals surface area contributed by atoms with Gasteiger partial charge in [-0.2, -0.15) is 4.89 Å². The lowest BCUT2D eigenvalue weighted by Gasteiger charge is -2.20. The van der Waals surface area contributed by atoms with Crippen molar-refractivity contribution in [1.82, 2.24) is 4.90 Å². The fourth-order valence-corrected chi connectivity index (χ4v) is 2.83. The van der Waals surface area contributed by atoms with E-state index in [4.69, 9.17) is 12.2 Å².